The van der Waals surface area contributed by atoms with Crippen molar-refractivity contribution in [1.82, 2.24) is 14.9 Å². The van der Waals surface area contributed by atoms with Crippen molar-refractivity contribution in [3.63, 3.8) is 0 Å². The van der Waals surface area contributed by atoms with E-state index in [0.717, 1.165) is 39.0 Å². The number of hydrogen-bond donors (Lipinski definition) is 1. The number of nitrogens with one attached hydrogen (secondary N) is 1. The third-order valence-corrected chi connectivity index (χ3v) is 5.40. The van der Waals surface area contributed by atoms with E-state index in [1.807, 2.05) is 48.1 Å². The Morgan fingerprint density at radius 3 is 2.74 bits per heavy atom. The van der Waals surface area contributed by atoms with Crippen LogP contribution in [0.4, 0.5) is 0 Å². The van der Waals surface area contributed by atoms with Crippen LogP contribution < -0.4 is 4.74 Å². The number of ether oxygens (including phenoxy) is 1. The quantitative estimate of drug-likeness (QED) is 0.562. The minimum atomic E-state index is 0.0108. The van der Waals surface area contributed by atoms with Crippen LogP contribution in [0.1, 0.15) is 9.67 Å². The number of fused-ring (bicyclic) bond motifs is 1. The summed E-state index contributed by atoms with van der Waals surface area (Å²) in [7, 11) is 5.19. The van der Waals surface area contributed by atoms with E-state index in [0.29, 0.717) is 4.88 Å². The number of aromatic amines is 1. The first kappa shape index (κ1) is 17.3. The molecule has 0 aliphatic rings. The fraction of sp³-hybridized carbons (Fsp3) is 0.143. The van der Waals surface area contributed by atoms with Gasteiger partial charge in [-0.3, -0.25) is 4.79 Å². The molecule has 0 saturated carbocycles. The molecule has 3 heterocycles. The highest BCUT2D eigenvalue weighted by molar-refractivity contribution is 7.12. The van der Waals surface area contributed by atoms with Crippen LogP contribution in [0.15, 0.2) is 54.2 Å². The Morgan fingerprint density at radius 2 is 1.96 bits per heavy atom. The van der Waals surface area contributed by atoms with E-state index in [1.165, 1.54) is 11.3 Å². The van der Waals surface area contributed by atoms with Crippen LogP contribution in [0.5, 0.6) is 5.75 Å². The number of rotatable bonds is 4. The molecule has 0 bridgehead atoms. The van der Waals surface area contributed by atoms with Crippen LogP contribution in [0.25, 0.3) is 33.3 Å². The maximum atomic E-state index is 12.2. The number of carbonyl (C=O) groups is 1. The summed E-state index contributed by atoms with van der Waals surface area (Å²) in [4.78, 5) is 22.3. The normalized spacial score (nSPS) is 10.9. The number of amides is 1. The van der Waals surface area contributed by atoms with E-state index in [-0.39, 0.29) is 5.91 Å². The summed E-state index contributed by atoms with van der Waals surface area (Å²) in [6.07, 6.45) is 3.78. The van der Waals surface area contributed by atoms with E-state index in [9.17, 15) is 4.79 Å². The third-order valence-electron chi connectivity index (χ3n) is 4.48. The van der Waals surface area contributed by atoms with Gasteiger partial charge in [0.2, 0.25) is 0 Å². The molecule has 0 aliphatic heterocycles. The summed E-state index contributed by atoms with van der Waals surface area (Å²) in [5.41, 5.74) is 4.84. The molecule has 136 valence electrons. The van der Waals surface area contributed by atoms with Gasteiger partial charge in [-0.1, -0.05) is 18.2 Å². The first-order valence-electron chi connectivity index (χ1n) is 8.49. The van der Waals surface area contributed by atoms with Crippen molar-refractivity contribution in [3.05, 3.63) is 59.0 Å². The van der Waals surface area contributed by atoms with Crippen LogP contribution in [-0.4, -0.2) is 42.0 Å². The fourth-order valence-electron chi connectivity index (χ4n) is 3.07. The van der Waals surface area contributed by atoms with Crippen molar-refractivity contribution in [2.24, 2.45) is 0 Å². The maximum Gasteiger partial charge on any atom is 0.263 e. The SMILES string of the molecule is COc1ccccc1-c1c[nH]c2ncc(-c3csc(C(=O)N(C)C)c3)cc12. The summed E-state index contributed by atoms with van der Waals surface area (Å²) in [6, 6.07) is 12.0. The predicted molar refractivity (Wildman–Crippen MR) is 109 cm³/mol. The lowest BCUT2D eigenvalue weighted by atomic mass is 10.0. The number of aromatic nitrogens is 2. The Labute approximate surface area is 161 Å². The van der Waals surface area contributed by atoms with Crippen molar-refractivity contribution in [2.75, 3.05) is 21.2 Å². The number of thiophene rings is 1. The van der Waals surface area contributed by atoms with Gasteiger partial charge < -0.3 is 14.6 Å². The first-order valence-corrected chi connectivity index (χ1v) is 9.37. The standard InChI is InChI=1S/C21H19N3O2S/c1-24(2)21(25)19-9-14(12-27-19)13-8-16-17(11-23-20(16)22-10-13)15-6-4-5-7-18(15)26-3/h4-12H,1-3H3,(H,22,23). The smallest absolute Gasteiger partial charge is 0.263 e. The molecule has 0 spiro atoms. The number of carbonyl (C=O) groups excluding carboxylic acids is 1. The molecule has 4 rings (SSSR count). The zero-order valence-corrected chi connectivity index (χ0v) is 16.1. The molecule has 1 N–H and O–H groups in total. The monoisotopic (exact) mass is 377 g/mol. The summed E-state index contributed by atoms with van der Waals surface area (Å²) >= 11 is 1.45. The molecule has 5 nitrogen and oxygen atoms in total. The Kier molecular flexibility index (Phi) is 4.41. The van der Waals surface area contributed by atoms with Gasteiger partial charge in [0.05, 0.1) is 12.0 Å². The van der Waals surface area contributed by atoms with Gasteiger partial charge in [-0.2, -0.15) is 0 Å². The lowest BCUT2D eigenvalue weighted by Crippen LogP contribution is -2.20. The molecule has 1 amide bonds. The molecule has 0 fully saturated rings. The Bertz CT molecular complexity index is 1130. The Morgan fingerprint density at radius 1 is 1.15 bits per heavy atom. The minimum Gasteiger partial charge on any atom is -0.496 e. The van der Waals surface area contributed by atoms with Crippen LogP contribution in [-0.2, 0) is 0 Å². The molecule has 0 radical (unpaired) electrons. The van der Waals surface area contributed by atoms with Crippen LogP contribution in [0.2, 0.25) is 0 Å². The van der Waals surface area contributed by atoms with Crippen molar-refractivity contribution >= 4 is 28.3 Å². The Hall–Kier alpha value is -3.12. The lowest BCUT2D eigenvalue weighted by Gasteiger charge is -2.07. The first-order chi connectivity index (χ1) is 13.1. The van der Waals surface area contributed by atoms with E-state index in [4.69, 9.17) is 4.74 Å². The van der Waals surface area contributed by atoms with Gasteiger partial charge in [0, 0.05) is 48.6 Å². The largest absolute Gasteiger partial charge is 0.496 e. The van der Waals surface area contributed by atoms with Crippen molar-refractivity contribution < 1.29 is 9.53 Å². The van der Waals surface area contributed by atoms with E-state index < -0.39 is 0 Å². The summed E-state index contributed by atoms with van der Waals surface area (Å²) in [5.74, 6) is 0.829. The fourth-order valence-corrected chi connectivity index (χ4v) is 4.01. The molecule has 4 aromatic rings. The molecule has 1 aromatic carbocycles. The van der Waals surface area contributed by atoms with Crippen molar-refractivity contribution in [2.45, 2.75) is 0 Å². The zero-order valence-electron chi connectivity index (χ0n) is 15.3. The maximum absolute atomic E-state index is 12.2. The van der Waals surface area contributed by atoms with Gasteiger partial charge in [-0.05, 0) is 29.1 Å². The number of pyridine rings is 1. The highest BCUT2D eigenvalue weighted by Gasteiger charge is 2.15. The van der Waals surface area contributed by atoms with E-state index in [1.54, 1.807) is 26.1 Å². The molecular formula is C21H19N3O2S. The second kappa shape index (κ2) is 6.89. The molecule has 0 saturated heterocycles. The second-order valence-electron chi connectivity index (χ2n) is 6.42. The summed E-state index contributed by atoms with van der Waals surface area (Å²) in [5, 5.41) is 3.01. The minimum absolute atomic E-state index is 0.0108. The van der Waals surface area contributed by atoms with Gasteiger partial charge >= 0.3 is 0 Å². The third kappa shape index (κ3) is 3.08. The number of methoxy groups -OCH3 is 1. The highest BCUT2D eigenvalue weighted by Crippen LogP contribution is 2.36. The zero-order chi connectivity index (χ0) is 19.0. The molecular weight excluding hydrogens is 358 g/mol. The topological polar surface area (TPSA) is 58.2 Å². The molecule has 0 aliphatic carbocycles. The van der Waals surface area contributed by atoms with Gasteiger partial charge in [0.25, 0.3) is 5.91 Å². The molecule has 27 heavy (non-hydrogen) atoms. The summed E-state index contributed by atoms with van der Waals surface area (Å²) in [6.45, 7) is 0. The van der Waals surface area contributed by atoms with Gasteiger partial charge in [-0.15, -0.1) is 11.3 Å². The molecule has 3 aromatic heterocycles. The number of para-hydroxylation sites is 1. The second-order valence-corrected chi connectivity index (χ2v) is 7.33. The van der Waals surface area contributed by atoms with Crippen molar-refractivity contribution in [1.29, 1.82) is 0 Å². The molecule has 0 unspecified atom stereocenters. The van der Waals surface area contributed by atoms with E-state index >= 15 is 0 Å². The molecule has 6 heteroatoms. The van der Waals surface area contributed by atoms with Gasteiger partial charge in [0.15, 0.2) is 0 Å². The average molecular weight is 377 g/mol. The van der Waals surface area contributed by atoms with Crippen LogP contribution >= 0.6 is 11.3 Å². The number of hydrogen-bond acceptors (Lipinski definition) is 4. The molecule has 0 atom stereocenters. The van der Waals surface area contributed by atoms with Crippen LogP contribution in [0, 0.1) is 0 Å². The number of H-pyrrole nitrogens is 1. The van der Waals surface area contributed by atoms with Crippen molar-refractivity contribution in [3.8, 4) is 28.0 Å². The highest BCUT2D eigenvalue weighted by atomic mass is 32.1. The van der Waals surface area contributed by atoms with E-state index in [2.05, 4.69) is 16.0 Å². The van der Waals surface area contributed by atoms with Gasteiger partial charge in [0.1, 0.15) is 11.4 Å². The van der Waals surface area contributed by atoms with Gasteiger partial charge in [-0.25, -0.2) is 4.98 Å². The average Bonchev–Trinajstić information content (AvgIpc) is 3.34. The lowest BCUT2D eigenvalue weighted by molar-refractivity contribution is 0.0832. The number of nitrogens with zero attached hydrogens (tertiary/aromatic N) is 2. The summed E-state index contributed by atoms with van der Waals surface area (Å²) < 4.78 is 5.51. The predicted octanol–water partition coefficient (Wildman–Crippen LogP) is 4.67. The Balaban J connectivity index is 1.80. The number of benzene rings is 1. The van der Waals surface area contributed by atoms with Crippen LogP contribution in [0.3, 0.4) is 0 Å².